The highest BCUT2D eigenvalue weighted by Gasteiger charge is 2.08. The predicted molar refractivity (Wildman–Crippen MR) is 73.4 cm³/mol. The van der Waals surface area contributed by atoms with Crippen LogP contribution < -0.4 is 5.32 Å². The molecule has 0 saturated heterocycles. The third-order valence-electron chi connectivity index (χ3n) is 2.74. The van der Waals surface area contributed by atoms with Crippen molar-refractivity contribution in [3.63, 3.8) is 0 Å². The van der Waals surface area contributed by atoms with Crippen molar-refractivity contribution in [1.82, 2.24) is 4.98 Å². The standard InChI is InChI=1S/C15H16N2O/c1-3-12-7-8-15(17-11(2)18)13(10-12)14-6-4-5-9-16-14/h4-10H,3H2,1-2H3,(H,17,18). The summed E-state index contributed by atoms with van der Waals surface area (Å²) in [7, 11) is 0. The van der Waals surface area contributed by atoms with Crippen LogP contribution in [-0.4, -0.2) is 10.9 Å². The number of benzene rings is 1. The molecule has 0 fully saturated rings. The Hall–Kier alpha value is -2.16. The predicted octanol–water partition coefficient (Wildman–Crippen LogP) is 3.27. The number of hydrogen-bond donors (Lipinski definition) is 1. The third kappa shape index (κ3) is 2.74. The number of carbonyl (C=O) groups excluding carboxylic acids is 1. The summed E-state index contributed by atoms with van der Waals surface area (Å²) in [5, 5.41) is 2.84. The average molecular weight is 240 g/mol. The lowest BCUT2D eigenvalue weighted by molar-refractivity contribution is -0.114. The van der Waals surface area contributed by atoms with E-state index in [2.05, 4.69) is 23.3 Å². The van der Waals surface area contributed by atoms with E-state index in [4.69, 9.17) is 0 Å². The molecule has 0 unspecified atom stereocenters. The van der Waals surface area contributed by atoms with Crippen LogP contribution in [0.2, 0.25) is 0 Å². The van der Waals surface area contributed by atoms with Gasteiger partial charge in [0.25, 0.3) is 0 Å². The Bertz CT molecular complexity index is 550. The Kier molecular flexibility index (Phi) is 3.72. The van der Waals surface area contributed by atoms with Crippen molar-refractivity contribution in [2.75, 3.05) is 5.32 Å². The van der Waals surface area contributed by atoms with E-state index in [1.807, 2.05) is 30.3 Å². The highest BCUT2D eigenvalue weighted by molar-refractivity contribution is 5.93. The van der Waals surface area contributed by atoms with Gasteiger partial charge in [-0.25, -0.2) is 0 Å². The van der Waals surface area contributed by atoms with Crippen LogP contribution >= 0.6 is 0 Å². The van der Waals surface area contributed by atoms with Crippen LogP contribution in [0.5, 0.6) is 0 Å². The summed E-state index contributed by atoms with van der Waals surface area (Å²) in [6, 6.07) is 11.8. The van der Waals surface area contributed by atoms with Crippen LogP contribution in [-0.2, 0) is 11.2 Å². The van der Waals surface area contributed by atoms with Gasteiger partial charge in [-0.15, -0.1) is 0 Å². The van der Waals surface area contributed by atoms with Gasteiger partial charge in [0.1, 0.15) is 0 Å². The molecule has 2 rings (SSSR count). The number of nitrogens with zero attached hydrogens (tertiary/aromatic N) is 1. The fourth-order valence-corrected chi connectivity index (χ4v) is 1.84. The van der Waals surface area contributed by atoms with Crippen LogP contribution in [0.3, 0.4) is 0 Å². The summed E-state index contributed by atoms with van der Waals surface area (Å²) in [4.78, 5) is 15.6. The molecule has 92 valence electrons. The maximum Gasteiger partial charge on any atom is 0.221 e. The van der Waals surface area contributed by atoms with Gasteiger partial charge < -0.3 is 5.32 Å². The molecule has 1 heterocycles. The molecule has 0 atom stereocenters. The summed E-state index contributed by atoms with van der Waals surface area (Å²) in [6.45, 7) is 3.62. The Labute approximate surface area is 107 Å². The van der Waals surface area contributed by atoms with Crippen LogP contribution in [0.4, 0.5) is 5.69 Å². The Balaban J connectivity index is 2.51. The maximum absolute atomic E-state index is 11.2. The van der Waals surface area contributed by atoms with Crippen molar-refractivity contribution in [2.24, 2.45) is 0 Å². The molecule has 1 N–H and O–H groups in total. The van der Waals surface area contributed by atoms with Gasteiger partial charge in [-0.1, -0.05) is 19.1 Å². The van der Waals surface area contributed by atoms with Crippen LogP contribution in [0, 0.1) is 0 Å². The van der Waals surface area contributed by atoms with E-state index in [0.717, 1.165) is 23.4 Å². The van der Waals surface area contributed by atoms with Gasteiger partial charge in [0.05, 0.1) is 11.4 Å². The fourth-order valence-electron chi connectivity index (χ4n) is 1.84. The molecule has 1 aromatic carbocycles. The van der Waals surface area contributed by atoms with E-state index in [0.29, 0.717) is 0 Å². The number of nitrogens with one attached hydrogen (secondary N) is 1. The van der Waals surface area contributed by atoms with E-state index in [1.165, 1.54) is 12.5 Å². The molecule has 0 aliphatic rings. The number of aromatic nitrogens is 1. The number of hydrogen-bond acceptors (Lipinski definition) is 2. The molecule has 0 spiro atoms. The number of pyridine rings is 1. The Morgan fingerprint density at radius 1 is 1.28 bits per heavy atom. The van der Waals surface area contributed by atoms with Crippen LogP contribution in [0.1, 0.15) is 19.4 Å². The Morgan fingerprint density at radius 3 is 2.72 bits per heavy atom. The van der Waals surface area contributed by atoms with Crippen molar-refractivity contribution < 1.29 is 4.79 Å². The number of anilines is 1. The zero-order valence-corrected chi connectivity index (χ0v) is 10.6. The molecule has 1 aromatic heterocycles. The van der Waals surface area contributed by atoms with Crippen LogP contribution in [0.25, 0.3) is 11.3 Å². The maximum atomic E-state index is 11.2. The third-order valence-corrected chi connectivity index (χ3v) is 2.74. The molecule has 1 amide bonds. The molecule has 0 bridgehead atoms. The molecule has 0 radical (unpaired) electrons. The largest absolute Gasteiger partial charge is 0.326 e. The number of aryl methyl sites for hydroxylation is 1. The van der Waals surface area contributed by atoms with E-state index in [-0.39, 0.29) is 5.91 Å². The summed E-state index contributed by atoms with van der Waals surface area (Å²) in [5.74, 6) is -0.0728. The minimum atomic E-state index is -0.0728. The topological polar surface area (TPSA) is 42.0 Å². The lowest BCUT2D eigenvalue weighted by Crippen LogP contribution is -2.07. The molecule has 0 aliphatic carbocycles. The van der Waals surface area contributed by atoms with Crippen molar-refractivity contribution in [3.8, 4) is 11.3 Å². The normalized spacial score (nSPS) is 10.1. The minimum absolute atomic E-state index is 0.0728. The molecular formula is C15H16N2O. The summed E-state index contributed by atoms with van der Waals surface area (Å²) >= 11 is 0. The molecule has 18 heavy (non-hydrogen) atoms. The second kappa shape index (κ2) is 5.45. The first kappa shape index (κ1) is 12.3. The van der Waals surface area contributed by atoms with Gasteiger partial charge in [0.15, 0.2) is 0 Å². The fraction of sp³-hybridized carbons (Fsp3) is 0.200. The molecule has 0 saturated carbocycles. The van der Waals surface area contributed by atoms with Gasteiger partial charge in [-0.2, -0.15) is 0 Å². The summed E-state index contributed by atoms with van der Waals surface area (Å²) < 4.78 is 0. The highest BCUT2D eigenvalue weighted by atomic mass is 16.1. The van der Waals surface area contributed by atoms with Crippen molar-refractivity contribution in [1.29, 1.82) is 0 Å². The monoisotopic (exact) mass is 240 g/mol. The minimum Gasteiger partial charge on any atom is -0.326 e. The zero-order chi connectivity index (χ0) is 13.0. The van der Waals surface area contributed by atoms with Gasteiger partial charge in [-0.05, 0) is 36.2 Å². The smallest absolute Gasteiger partial charge is 0.221 e. The highest BCUT2D eigenvalue weighted by Crippen LogP contribution is 2.27. The van der Waals surface area contributed by atoms with Crippen molar-refractivity contribution in [2.45, 2.75) is 20.3 Å². The van der Waals surface area contributed by atoms with Gasteiger partial charge in [-0.3, -0.25) is 9.78 Å². The van der Waals surface area contributed by atoms with Gasteiger partial charge in [0, 0.05) is 18.7 Å². The lowest BCUT2D eigenvalue weighted by Gasteiger charge is -2.11. The first-order valence-electron chi connectivity index (χ1n) is 6.02. The quantitative estimate of drug-likeness (QED) is 0.894. The molecule has 3 nitrogen and oxygen atoms in total. The average Bonchev–Trinajstić information content (AvgIpc) is 2.39. The van der Waals surface area contributed by atoms with Gasteiger partial charge in [0.2, 0.25) is 5.91 Å². The molecular weight excluding hydrogens is 224 g/mol. The van der Waals surface area contributed by atoms with E-state index in [1.54, 1.807) is 6.20 Å². The first-order chi connectivity index (χ1) is 8.70. The SMILES string of the molecule is CCc1ccc(NC(C)=O)c(-c2ccccn2)c1. The molecule has 3 heteroatoms. The van der Waals surface area contributed by atoms with Crippen molar-refractivity contribution in [3.05, 3.63) is 48.2 Å². The zero-order valence-electron chi connectivity index (χ0n) is 10.6. The van der Waals surface area contributed by atoms with E-state index < -0.39 is 0 Å². The van der Waals surface area contributed by atoms with Crippen LogP contribution in [0.15, 0.2) is 42.6 Å². The first-order valence-corrected chi connectivity index (χ1v) is 6.02. The number of carbonyl (C=O) groups is 1. The van der Waals surface area contributed by atoms with E-state index >= 15 is 0 Å². The second-order valence-electron chi connectivity index (χ2n) is 4.13. The summed E-state index contributed by atoms with van der Waals surface area (Å²) in [5.41, 5.74) is 3.87. The molecule has 2 aromatic rings. The second-order valence-corrected chi connectivity index (χ2v) is 4.13. The summed E-state index contributed by atoms with van der Waals surface area (Å²) in [6.07, 6.45) is 2.71. The number of rotatable bonds is 3. The molecule has 0 aliphatic heterocycles. The Morgan fingerprint density at radius 2 is 2.11 bits per heavy atom. The number of amides is 1. The van der Waals surface area contributed by atoms with Gasteiger partial charge >= 0.3 is 0 Å². The van der Waals surface area contributed by atoms with Crippen molar-refractivity contribution >= 4 is 11.6 Å². The lowest BCUT2D eigenvalue weighted by atomic mass is 10.0. The van der Waals surface area contributed by atoms with E-state index in [9.17, 15) is 4.79 Å².